The van der Waals surface area contributed by atoms with Crippen molar-refractivity contribution in [2.45, 2.75) is 32.8 Å². The maximum atomic E-state index is 5.97. The summed E-state index contributed by atoms with van der Waals surface area (Å²) in [5.74, 6) is 0.999. The van der Waals surface area contributed by atoms with Gasteiger partial charge in [-0.05, 0) is 24.8 Å². The molecule has 1 unspecified atom stereocenters. The molecule has 0 aliphatic carbocycles. The van der Waals surface area contributed by atoms with Gasteiger partial charge in [-0.2, -0.15) is 0 Å². The molecule has 0 N–H and O–H groups in total. The number of hydrogen-bond acceptors (Lipinski definition) is 1. The number of rotatable bonds is 4. The minimum atomic E-state index is 0.288. The lowest BCUT2D eigenvalue weighted by atomic mass is 10.1. The second-order valence-corrected chi connectivity index (χ2v) is 4.19. The normalized spacial score (nSPS) is 12.6. The van der Waals surface area contributed by atoms with Gasteiger partial charge in [-0.25, -0.2) is 0 Å². The van der Waals surface area contributed by atoms with E-state index in [-0.39, 0.29) is 6.10 Å². The van der Waals surface area contributed by atoms with Crippen LogP contribution >= 0.6 is 0 Å². The first-order valence-corrected chi connectivity index (χ1v) is 5.95. The molecule has 2 aromatic rings. The average molecular weight is 214 g/mol. The smallest absolute Gasteiger partial charge is 0.127 e. The average Bonchev–Trinajstić information content (AvgIpc) is 2.30. The van der Waals surface area contributed by atoms with Crippen molar-refractivity contribution in [3.63, 3.8) is 0 Å². The summed E-state index contributed by atoms with van der Waals surface area (Å²) in [5, 5.41) is 2.44. The summed E-state index contributed by atoms with van der Waals surface area (Å²) >= 11 is 0. The lowest BCUT2D eigenvalue weighted by Crippen LogP contribution is -2.11. The van der Waals surface area contributed by atoms with Crippen molar-refractivity contribution < 1.29 is 4.74 Å². The van der Waals surface area contributed by atoms with Gasteiger partial charge in [-0.3, -0.25) is 0 Å². The summed E-state index contributed by atoms with van der Waals surface area (Å²) in [6, 6.07) is 14.6. The molecule has 0 bridgehead atoms. The Balaban J connectivity index is 2.30. The molecule has 1 nitrogen and oxygen atoms in total. The molecule has 0 saturated heterocycles. The fourth-order valence-electron chi connectivity index (χ4n) is 1.98. The number of benzene rings is 2. The summed E-state index contributed by atoms with van der Waals surface area (Å²) in [6.45, 7) is 4.31. The minimum Gasteiger partial charge on any atom is -0.490 e. The molecule has 1 atom stereocenters. The van der Waals surface area contributed by atoms with Crippen LogP contribution in [0, 0.1) is 0 Å². The molecular formula is C15H18O. The summed E-state index contributed by atoms with van der Waals surface area (Å²) in [4.78, 5) is 0. The highest BCUT2D eigenvalue weighted by Crippen LogP contribution is 2.26. The van der Waals surface area contributed by atoms with E-state index in [2.05, 4.69) is 56.3 Å². The Hall–Kier alpha value is -1.50. The van der Waals surface area contributed by atoms with Gasteiger partial charge in [-0.1, -0.05) is 49.7 Å². The Bertz CT molecular complexity index is 456. The van der Waals surface area contributed by atoms with Crippen molar-refractivity contribution in [2.24, 2.45) is 0 Å². The Morgan fingerprint density at radius 1 is 1.06 bits per heavy atom. The summed E-state index contributed by atoms with van der Waals surface area (Å²) in [7, 11) is 0. The first-order chi connectivity index (χ1) is 7.81. The van der Waals surface area contributed by atoms with Crippen LogP contribution in [0.15, 0.2) is 42.5 Å². The standard InChI is InChI=1S/C15H18O/c1-3-7-12(2)16-15-11-6-9-13-8-4-5-10-14(13)15/h4-6,8-12H,3,7H2,1-2H3. The summed E-state index contributed by atoms with van der Waals surface area (Å²) in [5.41, 5.74) is 0. The van der Waals surface area contributed by atoms with Gasteiger partial charge in [0, 0.05) is 5.39 Å². The fraction of sp³-hybridized carbons (Fsp3) is 0.333. The van der Waals surface area contributed by atoms with Crippen molar-refractivity contribution in [1.29, 1.82) is 0 Å². The fourth-order valence-corrected chi connectivity index (χ4v) is 1.98. The van der Waals surface area contributed by atoms with Crippen LogP contribution in [0.3, 0.4) is 0 Å². The molecule has 0 amide bonds. The minimum absolute atomic E-state index is 0.288. The highest BCUT2D eigenvalue weighted by atomic mass is 16.5. The molecule has 2 aromatic carbocycles. The zero-order valence-electron chi connectivity index (χ0n) is 9.94. The molecule has 84 valence electrons. The topological polar surface area (TPSA) is 9.23 Å². The van der Waals surface area contributed by atoms with Gasteiger partial charge in [-0.15, -0.1) is 0 Å². The Morgan fingerprint density at radius 2 is 1.81 bits per heavy atom. The van der Waals surface area contributed by atoms with E-state index in [1.165, 1.54) is 10.8 Å². The third-order valence-electron chi connectivity index (χ3n) is 2.77. The molecule has 0 aromatic heterocycles. The molecule has 1 heteroatoms. The molecule has 0 saturated carbocycles. The highest BCUT2D eigenvalue weighted by molar-refractivity contribution is 5.88. The van der Waals surface area contributed by atoms with Gasteiger partial charge < -0.3 is 4.74 Å². The summed E-state index contributed by atoms with van der Waals surface area (Å²) < 4.78 is 5.97. The van der Waals surface area contributed by atoms with Crippen LogP contribution in [0.25, 0.3) is 10.8 Å². The van der Waals surface area contributed by atoms with E-state index < -0.39 is 0 Å². The zero-order chi connectivity index (χ0) is 11.4. The first kappa shape index (κ1) is 11.0. The van der Waals surface area contributed by atoms with E-state index in [1.54, 1.807) is 0 Å². The first-order valence-electron chi connectivity index (χ1n) is 5.95. The highest BCUT2D eigenvalue weighted by Gasteiger charge is 2.05. The molecule has 16 heavy (non-hydrogen) atoms. The van der Waals surface area contributed by atoms with Crippen molar-refractivity contribution in [2.75, 3.05) is 0 Å². The predicted molar refractivity (Wildman–Crippen MR) is 68.9 cm³/mol. The van der Waals surface area contributed by atoms with E-state index in [0.717, 1.165) is 18.6 Å². The second kappa shape index (κ2) is 5.02. The van der Waals surface area contributed by atoms with Crippen LogP contribution in [0.2, 0.25) is 0 Å². The SMILES string of the molecule is CCCC(C)Oc1cccc2ccccc12. The predicted octanol–water partition coefficient (Wildman–Crippen LogP) is 4.41. The monoisotopic (exact) mass is 214 g/mol. The van der Waals surface area contributed by atoms with Crippen LogP contribution in [-0.4, -0.2) is 6.10 Å². The number of hydrogen-bond donors (Lipinski definition) is 0. The van der Waals surface area contributed by atoms with Crippen LogP contribution < -0.4 is 4.74 Å². The van der Waals surface area contributed by atoms with Gasteiger partial charge in [0.2, 0.25) is 0 Å². The largest absolute Gasteiger partial charge is 0.490 e. The van der Waals surface area contributed by atoms with E-state index in [4.69, 9.17) is 4.74 Å². The van der Waals surface area contributed by atoms with Crippen LogP contribution in [0.4, 0.5) is 0 Å². The van der Waals surface area contributed by atoms with Crippen molar-refractivity contribution in [1.82, 2.24) is 0 Å². The van der Waals surface area contributed by atoms with Gasteiger partial charge in [0.25, 0.3) is 0 Å². The summed E-state index contributed by atoms with van der Waals surface area (Å²) in [6.07, 6.45) is 2.55. The van der Waals surface area contributed by atoms with Gasteiger partial charge >= 0.3 is 0 Å². The lowest BCUT2D eigenvalue weighted by molar-refractivity contribution is 0.212. The van der Waals surface area contributed by atoms with E-state index in [9.17, 15) is 0 Å². The van der Waals surface area contributed by atoms with Gasteiger partial charge in [0.05, 0.1) is 6.10 Å². The molecule has 0 aliphatic heterocycles. The van der Waals surface area contributed by atoms with Crippen LogP contribution in [0.1, 0.15) is 26.7 Å². The number of fused-ring (bicyclic) bond motifs is 1. The number of ether oxygens (including phenoxy) is 1. The van der Waals surface area contributed by atoms with Crippen molar-refractivity contribution in [3.8, 4) is 5.75 Å². The lowest BCUT2D eigenvalue weighted by Gasteiger charge is -2.15. The van der Waals surface area contributed by atoms with E-state index in [1.807, 2.05) is 0 Å². The molecule has 0 aliphatic rings. The van der Waals surface area contributed by atoms with Gasteiger partial charge in [0.15, 0.2) is 0 Å². The molecule has 0 fully saturated rings. The zero-order valence-corrected chi connectivity index (χ0v) is 9.94. The Labute approximate surface area is 97.1 Å². The van der Waals surface area contributed by atoms with Gasteiger partial charge in [0.1, 0.15) is 5.75 Å². The maximum Gasteiger partial charge on any atom is 0.127 e. The second-order valence-electron chi connectivity index (χ2n) is 4.19. The van der Waals surface area contributed by atoms with Crippen molar-refractivity contribution >= 4 is 10.8 Å². The third kappa shape index (κ3) is 2.35. The van der Waals surface area contributed by atoms with E-state index >= 15 is 0 Å². The Morgan fingerprint density at radius 3 is 2.62 bits per heavy atom. The van der Waals surface area contributed by atoms with Crippen LogP contribution in [-0.2, 0) is 0 Å². The molecule has 0 spiro atoms. The molecule has 2 rings (SSSR count). The third-order valence-corrected chi connectivity index (χ3v) is 2.77. The quantitative estimate of drug-likeness (QED) is 0.732. The van der Waals surface area contributed by atoms with Crippen molar-refractivity contribution in [3.05, 3.63) is 42.5 Å². The maximum absolute atomic E-state index is 5.97. The molecule has 0 heterocycles. The Kier molecular flexibility index (Phi) is 3.45. The van der Waals surface area contributed by atoms with E-state index in [0.29, 0.717) is 0 Å². The molecule has 0 radical (unpaired) electrons. The van der Waals surface area contributed by atoms with Crippen LogP contribution in [0.5, 0.6) is 5.75 Å². The molecular weight excluding hydrogens is 196 g/mol.